The Morgan fingerprint density at radius 3 is 3.00 bits per heavy atom. The van der Waals surface area contributed by atoms with Gasteiger partial charge in [0.2, 0.25) is 0 Å². The summed E-state index contributed by atoms with van der Waals surface area (Å²) >= 11 is 0. The van der Waals surface area contributed by atoms with Crippen molar-refractivity contribution in [3.63, 3.8) is 0 Å². The second-order valence-electron chi connectivity index (χ2n) is 5.83. The van der Waals surface area contributed by atoms with Crippen LogP contribution in [0.25, 0.3) is 0 Å². The number of carbonyl (C=O) groups is 1. The SMILES string of the molecule is CNC(c1ccc2c(c1)C(=O)NCC2)C1COC(C)C1. The molecule has 0 radical (unpaired) electrons. The fraction of sp³-hybridized carbons (Fsp3) is 0.562. The molecular weight excluding hydrogens is 252 g/mol. The molecule has 2 heterocycles. The van der Waals surface area contributed by atoms with Gasteiger partial charge in [-0.15, -0.1) is 0 Å². The van der Waals surface area contributed by atoms with E-state index in [4.69, 9.17) is 4.74 Å². The van der Waals surface area contributed by atoms with Crippen molar-refractivity contribution in [3.8, 4) is 0 Å². The highest BCUT2D eigenvalue weighted by molar-refractivity contribution is 5.96. The highest BCUT2D eigenvalue weighted by Gasteiger charge is 2.30. The van der Waals surface area contributed by atoms with Crippen molar-refractivity contribution in [1.82, 2.24) is 10.6 Å². The minimum absolute atomic E-state index is 0.0546. The summed E-state index contributed by atoms with van der Waals surface area (Å²) < 4.78 is 5.68. The van der Waals surface area contributed by atoms with Gasteiger partial charge in [-0.3, -0.25) is 4.79 Å². The van der Waals surface area contributed by atoms with E-state index in [-0.39, 0.29) is 11.9 Å². The van der Waals surface area contributed by atoms with E-state index in [0.717, 1.165) is 37.1 Å². The van der Waals surface area contributed by atoms with Crippen molar-refractivity contribution in [2.45, 2.75) is 31.9 Å². The van der Waals surface area contributed by atoms with E-state index >= 15 is 0 Å². The van der Waals surface area contributed by atoms with Crippen LogP contribution in [0.5, 0.6) is 0 Å². The average Bonchev–Trinajstić information content (AvgIpc) is 2.87. The number of fused-ring (bicyclic) bond motifs is 1. The molecule has 108 valence electrons. The molecule has 3 rings (SSSR count). The molecule has 0 aromatic heterocycles. The predicted molar refractivity (Wildman–Crippen MR) is 77.8 cm³/mol. The van der Waals surface area contributed by atoms with Gasteiger partial charge in [0.25, 0.3) is 5.91 Å². The van der Waals surface area contributed by atoms with Crippen molar-refractivity contribution in [2.24, 2.45) is 5.92 Å². The zero-order valence-electron chi connectivity index (χ0n) is 12.1. The Hall–Kier alpha value is -1.39. The first-order valence-electron chi connectivity index (χ1n) is 7.39. The average molecular weight is 274 g/mol. The Bertz CT molecular complexity index is 515. The lowest BCUT2D eigenvalue weighted by molar-refractivity contribution is 0.0946. The first-order chi connectivity index (χ1) is 9.69. The van der Waals surface area contributed by atoms with Crippen LogP contribution in [0.3, 0.4) is 0 Å². The standard InChI is InChI=1S/C16H22N2O2/c1-10-7-13(9-20-10)15(17-2)12-4-3-11-5-6-18-16(19)14(11)8-12/h3-4,8,10,13,15,17H,5-7,9H2,1-2H3,(H,18,19). The maximum atomic E-state index is 12.0. The highest BCUT2D eigenvalue weighted by atomic mass is 16.5. The molecule has 20 heavy (non-hydrogen) atoms. The van der Waals surface area contributed by atoms with E-state index in [1.165, 1.54) is 5.56 Å². The number of amides is 1. The van der Waals surface area contributed by atoms with E-state index in [1.54, 1.807) is 0 Å². The van der Waals surface area contributed by atoms with E-state index < -0.39 is 0 Å². The Morgan fingerprint density at radius 2 is 2.30 bits per heavy atom. The van der Waals surface area contributed by atoms with Gasteiger partial charge in [-0.05, 0) is 44.0 Å². The molecule has 0 saturated carbocycles. The molecule has 1 amide bonds. The van der Waals surface area contributed by atoms with Crippen molar-refractivity contribution in [3.05, 3.63) is 34.9 Å². The maximum absolute atomic E-state index is 12.0. The van der Waals surface area contributed by atoms with Crippen LogP contribution in [-0.4, -0.2) is 32.2 Å². The van der Waals surface area contributed by atoms with Crippen LogP contribution in [0.4, 0.5) is 0 Å². The van der Waals surface area contributed by atoms with Crippen LogP contribution in [0.15, 0.2) is 18.2 Å². The molecule has 4 nitrogen and oxygen atoms in total. The summed E-state index contributed by atoms with van der Waals surface area (Å²) in [5, 5.41) is 6.31. The molecule has 1 saturated heterocycles. The topological polar surface area (TPSA) is 50.4 Å². The minimum atomic E-state index is 0.0546. The number of hydrogen-bond donors (Lipinski definition) is 2. The second kappa shape index (κ2) is 5.54. The zero-order chi connectivity index (χ0) is 14.1. The van der Waals surface area contributed by atoms with Gasteiger partial charge in [0.1, 0.15) is 0 Å². The summed E-state index contributed by atoms with van der Waals surface area (Å²) in [6.45, 7) is 3.65. The third-order valence-electron chi connectivity index (χ3n) is 4.43. The molecule has 1 aromatic rings. The van der Waals surface area contributed by atoms with Gasteiger partial charge in [-0.2, -0.15) is 0 Å². The second-order valence-corrected chi connectivity index (χ2v) is 5.83. The number of rotatable bonds is 3. The minimum Gasteiger partial charge on any atom is -0.378 e. The first-order valence-corrected chi connectivity index (χ1v) is 7.39. The molecule has 0 spiro atoms. The van der Waals surface area contributed by atoms with Crippen molar-refractivity contribution < 1.29 is 9.53 Å². The molecular formula is C16H22N2O2. The van der Waals surface area contributed by atoms with Gasteiger partial charge in [0.05, 0.1) is 12.7 Å². The summed E-state index contributed by atoms with van der Waals surface area (Å²) in [5.41, 5.74) is 3.18. The summed E-state index contributed by atoms with van der Waals surface area (Å²) in [7, 11) is 1.98. The Kier molecular flexibility index (Phi) is 3.76. The van der Waals surface area contributed by atoms with Gasteiger partial charge in [0.15, 0.2) is 0 Å². The summed E-state index contributed by atoms with van der Waals surface area (Å²) in [5.74, 6) is 0.527. The van der Waals surface area contributed by atoms with Gasteiger partial charge >= 0.3 is 0 Å². The van der Waals surface area contributed by atoms with Crippen LogP contribution in [-0.2, 0) is 11.2 Å². The molecule has 2 aliphatic heterocycles. The third kappa shape index (κ3) is 2.45. The van der Waals surface area contributed by atoms with Crippen molar-refractivity contribution in [1.29, 1.82) is 0 Å². The predicted octanol–water partition coefficient (Wildman–Crippen LogP) is 1.66. The van der Waals surface area contributed by atoms with Gasteiger partial charge < -0.3 is 15.4 Å². The number of hydrogen-bond acceptors (Lipinski definition) is 3. The number of nitrogens with one attached hydrogen (secondary N) is 2. The van der Waals surface area contributed by atoms with Gasteiger partial charge in [-0.1, -0.05) is 12.1 Å². The monoisotopic (exact) mass is 274 g/mol. The summed E-state index contributed by atoms with van der Waals surface area (Å²) in [6.07, 6.45) is 2.32. The van der Waals surface area contributed by atoms with Gasteiger partial charge in [-0.25, -0.2) is 0 Å². The number of benzene rings is 1. The quantitative estimate of drug-likeness (QED) is 0.881. The number of carbonyl (C=O) groups excluding carboxylic acids is 1. The molecule has 0 bridgehead atoms. The lowest BCUT2D eigenvalue weighted by atomic mass is 9.88. The maximum Gasteiger partial charge on any atom is 0.251 e. The van der Waals surface area contributed by atoms with Crippen LogP contribution in [0.2, 0.25) is 0 Å². The molecule has 4 heteroatoms. The van der Waals surface area contributed by atoms with E-state index in [1.807, 2.05) is 13.1 Å². The fourth-order valence-corrected chi connectivity index (χ4v) is 3.38. The van der Waals surface area contributed by atoms with Crippen LogP contribution >= 0.6 is 0 Å². The van der Waals surface area contributed by atoms with Crippen molar-refractivity contribution in [2.75, 3.05) is 20.2 Å². The molecule has 2 aliphatic rings. The lowest BCUT2D eigenvalue weighted by Crippen LogP contribution is -2.32. The van der Waals surface area contributed by atoms with Crippen LogP contribution in [0.1, 0.15) is 40.9 Å². The smallest absolute Gasteiger partial charge is 0.251 e. The largest absolute Gasteiger partial charge is 0.378 e. The van der Waals surface area contributed by atoms with Crippen molar-refractivity contribution >= 4 is 5.91 Å². The number of ether oxygens (including phenoxy) is 1. The summed E-state index contributed by atoms with van der Waals surface area (Å²) in [4.78, 5) is 12.0. The molecule has 0 aliphatic carbocycles. The first kappa shape index (κ1) is 13.6. The lowest BCUT2D eigenvalue weighted by Gasteiger charge is -2.25. The Balaban J connectivity index is 1.88. The highest BCUT2D eigenvalue weighted by Crippen LogP contribution is 2.32. The van der Waals surface area contributed by atoms with Gasteiger partial charge in [0, 0.05) is 24.1 Å². The van der Waals surface area contributed by atoms with E-state index in [9.17, 15) is 4.79 Å². The van der Waals surface area contributed by atoms with Crippen LogP contribution in [0, 0.1) is 5.92 Å². The van der Waals surface area contributed by atoms with Crippen LogP contribution < -0.4 is 10.6 Å². The molecule has 2 N–H and O–H groups in total. The Morgan fingerprint density at radius 1 is 1.45 bits per heavy atom. The molecule has 3 unspecified atom stereocenters. The molecule has 3 atom stereocenters. The normalized spacial score (nSPS) is 27.0. The fourth-order valence-electron chi connectivity index (χ4n) is 3.38. The third-order valence-corrected chi connectivity index (χ3v) is 4.43. The van der Waals surface area contributed by atoms with E-state index in [2.05, 4.69) is 29.7 Å². The Labute approximate surface area is 119 Å². The molecule has 1 aromatic carbocycles. The zero-order valence-corrected chi connectivity index (χ0v) is 12.1. The summed E-state index contributed by atoms with van der Waals surface area (Å²) in [6, 6.07) is 6.56. The van der Waals surface area contributed by atoms with E-state index in [0.29, 0.717) is 12.0 Å². The molecule has 1 fully saturated rings.